The molecule has 1 amide bonds. The molecule has 2 aromatic carbocycles. The van der Waals surface area contributed by atoms with Crippen LogP contribution in [-0.2, 0) is 6.54 Å². The number of carbonyl (C=O) groups excluding carboxylic acids is 1. The van der Waals surface area contributed by atoms with Gasteiger partial charge in [0.1, 0.15) is 6.33 Å². The number of benzene rings is 2. The number of amides is 1. The molecule has 0 saturated carbocycles. The van der Waals surface area contributed by atoms with E-state index in [1.54, 1.807) is 0 Å². The van der Waals surface area contributed by atoms with E-state index in [1.165, 1.54) is 23.1 Å². The van der Waals surface area contributed by atoms with Crippen LogP contribution in [0.4, 0.5) is 5.69 Å². The van der Waals surface area contributed by atoms with Crippen LogP contribution in [0.1, 0.15) is 65.5 Å². The standard InChI is InChI=1S/C32H41N5O/c1-24-10-12-28(13-11-24)37(22-27-8-6-5-7-9-27)29-14-18-36(19-15-29)32(4)16-20-35(21-17-32)31(38)30-25(2)33-23-34-26(30)3/h5-13,23,29H,14-22H2,1-4H3. The lowest BCUT2D eigenvalue weighted by molar-refractivity contribution is 0.0170. The van der Waals surface area contributed by atoms with Gasteiger partial charge in [0.15, 0.2) is 0 Å². The molecule has 1 aromatic heterocycles. The van der Waals surface area contributed by atoms with Crippen molar-refractivity contribution in [1.29, 1.82) is 0 Å². The van der Waals surface area contributed by atoms with Crippen molar-refractivity contribution in [2.45, 2.75) is 71.5 Å². The maximum Gasteiger partial charge on any atom is 0.257 e. The van der Waals surface area contributed by atoms with Crippen LogP contribution in [0.15, 0.2) is 60.9 Å². The third-order valence-electron chi connectivity index (χ3n) is 8.80. The summed E-state index contributed by atoms with van der Waals surface area (Å²) in [5.41, 5.74) is 6.31. The van der Waals surface area contributed by atoms with Crippen molar-refractivity contribution < 1.29 is 4.79 Å². The van der Waals surface area contributed by atoms with E-state index < -0.39 is 0 Å². The molecule has 0 unspecified atom stereocenters. The topological polar surface area (TPSA) is 52.6 Å². The largest absolute Gasteiger partial charge is 0.364 e. The second kappa shape index (κ2) is 11.2. The Labute approximate surface area is 227 Å². The second-order valence-corrected chi connectivity index (χ2v) is 11.4. The number of piperidine rings is 2. The minimum absolute atomic E-state index is 0.0796. The number of rotatable bonds is 6. The molecule has 200 valence electrons. The third kappa shape index (κ3) is 5.60. The average Bonchev–Trinajstić information content (AvgIpc) is 2.93. The quantitative estimate of drug-likeness (QED) is 0.433. The first kappa shape index (κ1) is 26.4. The number of anilines is 1. The smallest absolute Gasteiger partial charge is 0.257 e. The van der Waals surface area contributed by atoms with Crippen LogP contribution in [0.25, 0.3) is 0 Å². The first-order chi connectivity index (χ1) is 18.3. The third-order valence-corrected chi connectivity index (χ3v) is 8.80. The van der Waals surface area contributed by atoms with Gasteiger partial charge in [0, 0.05) is 50.0 Å². The van der Waals surface area contributed by atoms with Crippen molar-refractivity contribution >= 4 is 11.6 Å². The number of aromatic nitrogens is 2. The van der Waals surface area contributed by atoms with Crippen LogP contribution in [0.2, 0.25) is 0 Å². The van der Waals surface area contributed by atoms with Gasteiger partial charge in [-0.2, -0.15) is 0 Å². The van der Waals surface area contributed by atoms with Crippen LogP contribution in [0.3, 0.4) is 0 Å². The SMILES string of the molecule is Cc1ccc(N(Cc2ccccc2)C2CCN(C3(C)CCN(C(=O)c4c(C)ncnc4C)CC3)CC2)cc1. The minimum Gasteiger partial charge on any atom is -0.364 e. The molecule has 0 aliphatic carbocycles. The predicted octanol–water partition coefficient (Wildman–Crippen LogP) is 5.57. The van der Waals surface area contributed by atoms with Gasteiger partial charge >= 0.3 is 0 Å². The van der Waals surface area contributed by atoms with E-state index in [9.17, 15) is 4.79 Å². The fraction of sp³-hybridized carbons (Fsp3) is 0.469. The van der Waals surface area contributed by atoms with Crippen LogP contribution >= 0.6 is 0 Å². The van der Waals surface area contributed by atoms with Crippen LogP contribution < -0.4 is 4.90 Å². The Kier molecular flexibility index (Phi) is 7.80. The van der Waals surface area contributed by atoms with Crippen LogP contribution in [-0.4, -0.2) is 63.4 Å². The average molecular weight is 512 g/mol. The lowest BCUT2D eigenvalue weighted by Crippen LogP contribution is -2.58. The number of nitrogens with zero attached hydrogens (tertiary/aromatic N) is 5. The highest BCUT2D eigenvalue weighted by Crippen LogP contribution is 2.34. The monoisotopic (exact) mass is 511 g/mol. The molecular formula is C32H41N5O. The van der Waals surface area contributed by atoms with Gasteiger partial charge in [0.05, 0.1) is 17.0 Å². The van der Waals surface area contributed by atoms with Gasteiger partial charge in [-0.1, -0.05) is 48.0 Å². The van der Waals surface area contributed by atoms with Gasteiger partial charge in [-0.15, -0.1) is 0 Å². The fourth-order valence-corrected chi connectivity index (χ4v) is 6.23. The predicted molar refractivity (Wildman–Crippen MR) is 153 cm³/mol. The summed E-state index contributed by atoms with van der Waals surface area (Å²) >= 11 is 0. The number of hydrogen-bond donors (Lipinski definition) is 0. The zero-order valence-corrected chi connectivity index (χ0v) is 23.4. The molecule has 2 fully saturated rings. The van der Waals surface area contributed by atoms with Gasteiger partial charge in [0.2, 0.25) is 0 Å². The molecule has 5 rings (SSSR count). The Morgan fingerprint density at radius 3 is 2.11 bits per heavy atom. The van der Waals surface area contributed by atoms with Gasteiger partial charge in [-0.05, 0) is 71.1 Å². The zero-order chi connectivity index (χ0) is 26.7. The molecule has 0 bridgehead atoms. The Hall–Kier alpha value is -3.25. The van der Waals surface area contributed by atoms with Crippen molar-refractivity contribution in [1.82, 2.24) is 19.8 Å². The molecule has 3 heterocycles. The lowest BCUT2D eigenvalue weighted by atomic mass is 9.85. The summed E-state index contributed by atoms with van der Waals surface area (Å²) in [6, 6.07) is 20.4. The molecule has 0 radical (unpaired) electrons. The van der Waals surface area contributed by atoms with E-state index in [4.69, 9.17) is 0 Å². The van der Waals surface area contributed by atoms with Gasteiger partial charge < -0.3 is 9.80 Å². The van der Waals surface area contributed by atoms with E-state index in [1.807, 2.05) is 18.7 Å². The van der Waals surface area contributed by atoms with Crippen molar-refractivity contribution in [3.8, 4) is 0 Å². The maximum atomic E-state index is 13.3. The highest BCUT2D eigenvalue weighted by Gasteiger charge is 2.39. The number of hydrogen-bond acceptors (Lipinski definition) is 5. The van der Waals surface area contributed by atoms with Gasteiger partial charge in [-0.25, -0.2) is 9.97 Å². The zero-order valence-electron chi connectivity index (χ0n) is 23.4. The highest BCUT2D eigenvalue weighted by atomic mass is 16.2. The first-order valence-corrected chi connectivity index (χ1v) is 14.0. The molecule has 3 aromatic rings. The molecule has 38 heavy (non-hydrogen) atoms. The van der Waals surface area contributed by atoms with E-state index in [0.717, 1.165) is 69.8 Å². The molecule has 0 atom stereocenters. The molecule has 2 aliphatic heterocycles. The van der Waals surface area contributed by atoms with Gasteiger partial charge in [0.25, 0.3) is 5.91 Å². The van der Waals surface area contributed by atoms with Crippen molar-refractivity contribution in [2.24, 2.45) is 0 Å². The molecule has 2 saturated heterocycles. The summed E-state index contributed by atoms with van der Waals surface area (Å²) in [4.78, 5) is 29.1. The second-order valence-electron chi connectivity index (χ2n) is 11.4. The molecule has 0 spiro atoms. The molecule has 6 nitrogen and oxygen atoms in total. The summed E-state index contributed by atoms with van der Waals surface area (Å²) in [5.74, 6) is 0.0796. The number of likely N-dealkylation sites (tertiary alicyclic amines) is 2. The van der Waals surface area contributed by atoms with Crippen molar-refractivity contribution in [3.63, 3.8) is 0 Å². The molecular weight excluding hydrogens is 470 g/mol. The Bertz CT molecular complexity index is 1210. The van der Waals surface area contributed by atoms with E-state index in [2.05, 4.69) is 88.2 Å². The Balaban J connectivity index is 1.22. The summed E-state index contributed by atoms with van der Waals surface area (Å²) in [5, 5.41) is 0. The van der Waals surface area contributed by atoms with Gasteiger partial charge in [-0.3, -0.25) is 9.69 Å². The normalized spacial score (nSPS) is 18.4. The Morgan fingerprint density at radius 2 is 1.50 bits per heavy atom. The first-order valence-electron chi connectivity index (χ1n) is 14.0. The van der Waals surface area contributed by atoms with E-state index in [-0.39, 0.29) is 11.4 Å². The summed E-state index contributed by atoms with van der Waals surface area (Å²) in [7, 11) is 0. The molecule has 0 N–H and O–H groups in total. The molecule has 6 heteroatoms. The lowest BCUT2D eigenvalue weighted by Gasteiger charge is -2.50. The van der Waals surface area contributed by atoms with Crippen molar-refractivity contribution in [2.75, 3.05) is 31.1 Å². The summed E-state index contributed by atoms with van der Waals surface area (Å²) < 4.78 is 0. The maximum absolute atomic E-state index is 13.3. The summed E-state index contributed by atoms with van der Waals surface area (Å²) in [6.45, 7) is 13.0. The molecule has 2 aliphatic rings. The Morgan fingerprint density at radius 1 is 0.895 bits per heavy atom. The number of aryl methyl sites for hydroxylation is 3. The van der Waals surface area contributed by atoms with Crippen molar-refractivity contribution in [3.05, 3.63) is 89.0 Å². The minimum atomic E-state index is 0.0796. The fourth-order valence-electron chi connectivity index (χ4n) is 6.23. The van der Waals surface area contributed by atoms with E-state index >= 15 is 0 Å². The highest BCUT2D eigenvalue weighted by molar-refractivity contribution is 5.96. The van der Waals surface area contributed by atoms with E-state index in [0.29, 0.717) is 11.6 Å². The summed E-state index contributed by atoms with van der Waals surface area (Å²) in [6.07, 6.45) is 5.84. The van der Waals surface area contributed by atoms with Crippen LogP contribution in [0.5, 0.6) is 0 Å². The van der Waals surface area contributed by atoms with Crippen LogP contribution in [0, 0.1) is 20.8 Å². The number of carbonyl (C=O) groups is 1.